The number of hydrogen-bond donors (Lipinski definition) is 2. The van der Waals surface area contributed by atoms with Crippen LogP contribution in [-0.2, 0) is 4.74 Å². The van der Waals surface area contributed by atoms with E-state index in [1.807, 2.05) is 53.0 Å². The first kappa shape index (κ1) is 17.5. The van der Waals surface area contributed by atoms with E-state index in [-0.39, 0.29) is 0 Å². The van der Waals surface area contributed by atoms with Gasteiger partial charge in [-0.05, 0) is 42.5 Å². The maximum atomic E-state index is 6.16. The second kappa shape index (κ2) is 7.44. The highest BCUT2D eigenvalue weighted by Crippen LogP contribution is 2.27. The number of nitrogens with zero attached hydrogens (tertiary/aromatic N) is 4. The Morgan fingerprint density at radius 3 is 2.52 bits per heavy atom. The monoisotopic (exact) mass is 386 g/mol. The highest BCUT2D eigenvalue weighted by atomic mass is 16.5. The topological polar surface area (TPSA) is 80.7 Å². The molecule has 1 aliphatic rings. The summed E-state index contributed by atoms with van der Waals surface area (Å²) in [6.45, 7) is 3.40. The van der Waals surface area contributed by atoms with Crippen molar-refractivity contribution in [3.63, 3.8) is 0 Å². The molecule has 1 saturated heterocycles. The fourth-order valence-corrected chi connectivity index (χ4v) is 3.60. The van der Waals surface area contributed by atoms with E-state index < -0.39 is 0 Å². The van der Waals surface area contributed by atoms with Gasteiger partial charge in [0.1, 0.15) is 0 Å². The SMILES string of the molecule is Nc1ccccc1-c1ccc2cnc(Nc3ccc(N4CCOCC4)cc3)nn12. The van der Waals surface area contributed by atoms with Gasteiger partial charge in [-0.2, -0.15) is 0 Å². The molecule has 29 heavy (non-hydrogen) atoms. The normalized spacial score (nSPS) is 14.3. The zero-order valence-electron chi connectivity index (χ0n) is 16.0. The number of benzene rings is 2. The van der Waals surface area contributed by atoms with Gasteiger partial charge < -0.3 is 20.7 Å². The third-order valence-corrected chi connectivity index (χ3v) is 5.13. The molecule has 5 rings (SSSR count). The maximum absolute atomic E-state index is 6.16. The molecule has 1 aliphatic heterocycles. The molecule has 0 spiro atoms. The molecule has 0 unspecified atom stereocenters. The number of morpholine rings is 1. The van der Waals surface area contributed by atoms with Crippen LogP contribution in [0.2, 0.25) is 0 Å². The first-order chi connectivity index (χ1) is 14.3. The van der Waals surface area contributed by atoms with Gasteiger partial charge in [-0.1, -0.05) is 18.2 Å². The van der Waals surface area contributed by atoms with Crippen molar-refractivity contribution >= 4 is 28.5 Å². The van der Waals surface area contributed by atoms with E-state index in [1.165, 1.54) is 5.69 Å². The number of para-hydroxylation sites is 1. The number of anilines is 4. The molecule has 2 aromatic heterocycles. The van der Waals surface area contributed by atoms with E-state index in [1.54, 1.807) is 6.20 Å². The predicted molar refractivity (Wildman–Crippen MR) is 116 cm³/mol. The maximum Gasteiger partial charge on any atom is 0.245 e. The van der Waals surface area contributed by atoms with E-state index in [0.717, 1.165) is 54.5 Å². The number of aromatic nitrogens is 3. The Labute approximate surface area is 168 Å². The van der Waals surface area contributed by atoms with Gasteiger partial charge in [-0.25, -0.2) is 9.50 Å². The molecule has 0 atom stereocenters. The molecule has 4 aromatic rings. The minimum atomic E-state index is 0.531. The quantitative estimate of drug-likeness (QED) is 0.522. The molecule has 0 amide bonds. The third-order valence-electron chi connectivity index (χ3n) is 5.13. The Morgan fingerprint density at radius 1 is 0.931 bits per heavy atom. The van der Waals surface area contributed by atoms with Crippen molar-refractivity contribution in [3.8, 4) is 11.3 Å². The van der Waals surface area contributed by atoms with Crippen molar-refractivity contribution in [1.82, 2.24) is 14.6 Å². The number of rotatable bonds is 4. The van der Waals surface area contributed by atoms with E-state index in [2.05, 4.69) is 32.4 Å². The second-order valence-corrected chi connectivity index (χ2v) is 7.00. The van der Waals surface area contributed by atoms with E-state index in [0.29, 0.717) is 5.95 Å². The first-order valence-electron chi connectivity index (χ1n) is 9.67. The van der Waals surface area contributed by atoms with Crippen molar-refractivity contribution in [2.45, 2.75) is 0 Å². The van der Waals surface area contributed by atoms with Crippen LogP contribution < -0.4 is 16.0 Å². The van der Waals surface area contributed by atoms with Gasteiger partial charge in [-0.3, -0.25) is 0 Å². The molecule has 3 heterocycles. The summed E-state index contributed by atoms with van der Waals surface area (Å²) in [5.74, 6) is 0.531. The van der Waals surface area contributed by atoms with Crippen LogP contribution in [0, 0.1) is 0 Å². The van der Waals surface area contributed by atoms with E-state index in [4.69, 9.17) is 10.5 Å². The molecule has 0 bridgehead atoms. The summed E-state index contributed by atoms with van der Waals surface area (Å²) >= 11 is 0. The molecule has 7 heteroatoms. The average molecular weight is 386 g/mol. The van der Waals surface area contributed by atoms with Crippen LogP contribution in [0.1, 0.15) is 0 Å². The predicted octanol–water partition coefficient (Wildman–Crippen LogP) is 3.56. The molecule has 0 aliphatic carbocycles. The lowest BCUT2D eigenvalue weighted by Gasteiger charge is -2.28. The van der Waals surface area contributed by atoms with Gasteiger partial charge in [0.2, 0.25) is 5.95 Å². The summed E-state index contributed by atoms with van der Waals surface area (Å²) in [5.41, 5.74) is 11.8. The average Bonchev–Trinajstić information content (AvgIpc) is 3.18. The highest BCUT2D eigenvalue weighted by Gasteiger charge is 2.12. The molecule has 2 aromatic carbocycles. The Morgan fingerprint density at radius 2 is 1.72 bits per heavy atom. The van der Waals surface area contributed by atoms with Crippen LogP contribution in [0.3, 0.4) is 0 Å². The fraction of sp³-hybridized carbons (Fsp3) is 0.182. The Hall–Kier alpha value is -3.58. The number of ether oxygens (including phenoxy) is 1. The van der Waals surface area contributed by atoms with Crippen LogP contribution in [0.15, 0.2) is 66.9 Å². The molecule has 7 nitrogen and oxygen atoms in total. The van der Waals surface area contributed by atoms with E-state index in [9.17, 15) is 0 Å². The summed E-state index contributed by atoms with van der Waals surface area (Å²) in [6, 6.07) is 20.1. The second-order valence-electron chi connectivity index (χ2n) is 7.00. The minimum Gasteiger partial charge on any atom is -0.398 e. The summed E-state index contributed by atoms with van der Waals surface area (Å²) in [5, 5.41) is 7.96. The third kappa shape index (κ3) is 3.48. The first-order valence-corrected chi connectivity index (χ1v) is 9.67. The molecule has 146 valence electrons. The van der Waals surface area contributed by atoms with Crippen molar-refractivity contribution in [3.05, 3.63) is 66.9 Å². The number of nitrogens with two attached hydrogens (primary N) is 1. The van der Waals surface area contributed by atoms with Gasteiger partial charge in [0.05, 0.1) is 30.6 Å². The lowest BCUT2D eigenvalue weighted by molar-refractivity contribution is 0.122. The van der Waals surface area contributed by atoms with Crippen molar-refractivity contribution < 1.29 is 4.74 Å². The largest absolute Gasteiger partial charge is 0.398 e. The number of nitrogens with one attached hydrogen (secondary N) is 1. The standard InChI is InChI=1S/C22H22N6O/c23-20-4-2-1-3-19(20)21-10-9-18-15-24-22(26-28(18)21)25-16-5-7-17(8-6-16)27-11-13-29-14-12-27/h1-10,15H,11-14,23H2,(H,25,26). The Kier molecular flexibility index (Phi) is 4.50. The van der Waals surface area contributed by atoms with Crippen molar-refractivity contribution in [2.24, 2.45) is 0 Å². The van der Waals surface area contributed by atoms with Crippen LogP contribution in [0.5, 0.6) is 0 Å². The van der Waals surface area contributed by atoms with Crippen LogP contribution in [-0.4, -0.2) is 40.9 Å². The summed E-state index contributed by atoms with van der Waals surface area (Å²) < 4.78 is 7.28. The van der Waals surface area contributed by atoms with Gasteiger partial charge in [0.25, 0.3) is 0 Å². The minimum absolute atomic E-state index is 0.531. The summed E-state index contributed by atoms with van der Waals surface area (Å²) in [6.07, 6.45) is 1.81. The van der Waals surface area contributed by atoms with Crippen LogP contribution >= 0.6 is 0 Å². The van der Waals surface area contributed by atoms with Crippen molar-refractivity contribution in [2.75, 3.05) is 42.3 Å². The van der Waals surface area contributed by atoms with Crippen molar-refractivity contribution in [1.29, 1.82) is 0 Å². The van der Waals surface area contributed by atoms with Gasteiger partial charge >= 0.3 is 0 Å². The molecular weight excluding hydrogens is 364 g/mol. The van der Waals surface area contributed by atoms with Gasteiger partial charge in [0, 0.05) is 35.7 Å². The van der Waals surface area contributed by atoms with Gasteiger partial charge in [-0.15, -0.1) is 5.10 Å². The molecular formula is C22H22N6O. The lowest BCUT2D eigenvalue weighted by Crippen LogP contribution is -2.36. The number of fused-ring (bicyclic) bond motifs is 1. The summed E-state index contributed by atoms with van der Waals surface area (Å²) in [4.78, 5) is 6.77. The zero-order chi connectivity index (χ0) is 19.6. The fourth-order valence-electron chi connectivity index (χ4n) is 3.60. The molecule has 0 radical (unpaired) electrons. The molecule has 0 saturated carbocycles. The number of nitrogen functional groups attached to an aromatic ring is 1. The van der Waals surface area contributed by atoms with Gasteiger partial charge in [0.15, 0.2) is 0 Å². The Bertz CT molecular complexity index is 1130. The smallest absolute Gasteiger partial charge is 0.245 e. The molecule has 1 fully saturated rings. The number of hydrogen-bond acceptors (Lipinski definition) is 6. The van der Waals surface area contributed by atoms with Crippen LogP contribution in [0.4, 0.5) is 23.0 Å². The zero-order valence-corrected chi connectivity index (χ0v) is 16.0. The molecule has 3 N–H and O–H groups in total. The summed E-state index contributed by atoms with van der Waals surface area (Å²) in [7, 11) is 0. The Balaban J connectivity index is 1.41. The lowest BCUT2D eigenvalue weighted by atomic mass is 10.1. The van der Waals surface area contributed by atoms with E-state index >= 15 is 0 Å². The van der Waals surface area contributed by atoms with Crippen LogP contribution in [0.25, 0.3) is 16.8 Å². The highest BCUT2D eigenvalue weighted by molar-refractivity contribution is 5.76.